The van der Waals surface area contributed by atoms with Crippen LogP contribution in [0.4, 0.5) is 4.39 Å². The number of halogens is 1. The molecule has 1 aromatic carbocycles. The Labute approximate surface area is 119 Å². The molecule has 1 rings (SSSR count). The second-order valence-corrected chi connectivity index (χ2v) is 4.65. The predicted molar refractivity (Wildman–Crippen MR) is 76.8 cm³/mol. The summed E-state index contributed by atoms with van der Waals surface area (Å²) in [4.78, 5) is 13.8. The summed E-state index contributed by atoms with van der Waals surface area (Å²) in [7, 11) is 0. The molecule has 0 heterocycles. The summed E-state index contributed by atoms with van der Waals surface area (Å²) >= 11 is 0. The zero-order valence-corrected chi connectivity index (χ0v) is 12.1. The largest absolute Gasteiger partial charge is 0.395 e. The van der Waals surface area contributed by atoms with Crippen molar-refractivity contribution in [2.45, 2.75) is 33.2 Å². The van der Waals surface area contributed by atoms with Gasteiger partial charge in [-0.2, -0.15) is 0 Å². The SMILES string of the molecule is CCN(C(=O)c1ccc(C#CCCO)cc1F)C(C)C. The number of aliphatic hydroxyl groups excluding tert-OH is 1. The molecule has 0 saturated heterocycles. The van der Waals surface area contributed by atoms with Gasteiger partial charge in [-0.25, -0.2) is 4.39 Å². The number of aliphatic hydroxyl groups is 1. The number of carbonyl (C=O) groups is 1. The normalized spacial score (nSPS) is 10.1. The van der Waals surface area contributed by atoms with Crippen LogP contribution in [0.25, 0.3) is 0 Å². The Morgan fingerprint density at radius 3 is 2.65 bits per heavy atom. The van der Waals surface area contributed by atoms with E-state index in [1.54, 1.807) is 11.0 Å². The molecule has 0 aliphatic carbocycles. The summed E-state index contributed by atoms with van der Waals surface area (Å²) in [5, 5.41) is 8.63. The topological polar surface area (TPSA) is 40.5 Å². The highest BCUT2D eigenvalue weighted by molar-refractivity contribution is 5.94. The van der Waals surface area contributed by atoms with Gasteiger partial charge in [0.1, 0.15) is 5.82 Å². The monoisotopic (exact) mass is 277 g/mol. The van der Waals surface area contributed by atoms with Gasteiger partial charge in [0.05, 0.1) is 12.2 Å². The Kier molecular flexibility index (Phi) is 6.20. The molecule has 0 unspecified atom stereocenters. The van der Waals surface area contributed by atoms with Crippen LogP contribution < -0.4 is 0 Å². The van der Waals surface area contributed by atoms with Gasteiger partial charge in [0.2, 0.25) is 0 Å². The van der Waals surface area contributed by atoms with Crippen LogP contribution in [0, 0.1) is 17.7 Å². The smallest absolute Gasteiger partial charge is 0.257 e. The van der Waals surface area contributed by atoms with E-state index in [0.29, 0.717) is 18.5 Å². The van der Waals surface area contributed by atoms with Crippen molar-refractivity contribution in [3.8, 4) is 11.8 Å². The third kappa shape index (κ3) is 4.07. The minimum atomic E-state index is -0.565. The molecular weight excluding hydrogens is 257 g/mol. The molecule has 4 heteroatoms. The first-order valence-corrected chi connectivity index (χ1v) is 6.71. The second kappa shape index (κ2) is 7.66. The van der Waals surface area contributed by atoms with E-state index >= 15 is 0 Å². The van der Waals surface area contributed by atoms with Gasteiger partial charge in [-0.1, -0.05) is 11.8 Å². The molecule has 0 saturated carbocycles. The molecule has 0 aliphatic rings. The van der Waals surface area contributed by atoms with Crippen LogP contribution in [0.5, 0.6) is 0 Å². The number of hydrogen-bond acceptors (Lipinski definition) is 2. The van der Waals surface area contributed by atoms with Gasteiger partial charge in [0.25, 0.3) is 5.91 Å². The van der Waals surface area contributed by atoms with Crippen LogP contribution in [-0.4, -0.2) is 35.1 Å². The highest BCUT2D eigenvalue weighted by atomic mass is 19.1. The maximum absolute atomic E-state index is 14.0. The van der Waals surface area contributed by atoms with Crippen molar-refractivity contribution < 1.29 is 14.3 Å². The van der Waals surface area contributed by atoms with Crippen molar-refractivity contribution >= 4 is 5.91 Å². The Morgan fingerprint density at radius 1 is 1.45 bits per heavy atom. The van der Waals surface area contributed by atoms with Crippen LogP contribution in [0.1, 0.15) is 43.1 Å². The van der Waals surface area contributed by atoms with E-state index in [0.717, 1.165) is 0 Å². The molecule has 1 aromatic rings. The molecule has 0 bridgehead atoms. The summed E-state index contributed by atoms with van der Waals surface area (Å²) in [6.45, 7) is 6.17. The van der Waals surface area contributed by atoms with Gasteiger partial charge >= 0.3 is 0 Å². The lowest BCUT2D eigenvalue weighted by atomic mass is 10.1. The lowest BCUT2D eigenvalue weighted by Gasteiger charge is -2.25. The van der Waals surface area contributed by atoms with Gasteiger partial charge in [0, 0.05) is 24.6 Å². The van der Waals surface area contributed by atoms with Gasteiger partial charge in [-0.15, -0.1) is 0 Å². The number of rotatable bonds is 4. The lowest BCUT2D eigenvalue weighted by molar-refractivity contribution is 0.0712. The number of nitrogens with zero attached hydrogens (tertiary/aromatic N) is 1. The molecule has 3 nitrogen and oxygen atoms in total. The van der Waals surface area contributed by atoms with Crippen LogP contribution in [0.3, 0.4) is 0 Å². The quantitative estimate of drug-likeness (QED) is 0.859. The van der Waals surface area contributed by atoms with E-state index in [1.165, 1.54) is 12.1 Å². The highest BCUT2D eigenvalue weighted by Gasteiger charge is 2.20. The summed E-state index contributed by atoms with van der Waals surface area (Å²) in [6, 6.07) is 4.36. The summed E-state index contributed by atoms with van der Waals surface area (Å²) in [5.74, 6) is 4.59. The molecule has 108 valence electrons. The number of amides is 1. The minimum Gasteiger partial charge on any atom is -0.395 e. The van der Waals surface area contributed by atoms with Gasteiger partial charge in [0.15, 0.2) is 0 Å². The van der Waals surface area contributed by atoms with Crippen molar-refractivity contribution in [3.05, 3.63) is 35.1 Å². The van der Waals surface area contributed by atoms with E-state index in [4.69, 9.17) is 5.11 Å². The molecule has 0 atom stereocenters. The van der Waals surface area contributed by atoms with E-state index in [1.807, 2.05) is 20.8 Å². The summed E-state index contributed by atoms with van der Waals surface area (Å²) in [6.07, 6.45) is 0.346. The van der Waals surface area contributed by atoms with Gasteiger partial charge in [-0.05, 0) is 39.0 Å². The van der Waals surface area contributed by atoms with Crippen LogP contribution >= 0.6 is 0 Å². The fraction of sp³-hybridized carbons (Fsp3) is 0.438. The molecule has 0 spiro atoms. The molecule has 1 amide bonds. The average molecular weight is 277 g/mol. The first kappa shape index (κ1) is 16.2. The van der Waals surface area contributed by atoms with Crippen molar-refractivity contribution in [2.24, 2.45) is 0 Å². The van der Waals surface area contributed by atoms with Gasteiger partial charge in [-0.3, -0.25) is 4.79 Å². The second-order valence-electron chi connectivity index (χ2n) is 4.65. The van der Waals surface area contributed by atoms with Crippen molar-refractivity contribution in [1.29, 1.82) is 0 Å². The number of benzene rings is 1. The fourth-order valence-corrected chi connectivity index (χ4v) is 1.88. The van der Waals surface area contributed by atoms with Crippen molar-refractivity contribution in [3.63, 3.8) is 0 Å². The minimum absolute atomic E-state index is 0.0219. The molecule has 0 aliphatic heterocycles. The Morgan fingerprint density at radius 2 is 2.15 bits per heavy atom. The maximum atomic E-state index is 14.0. The first-order chi connectivity index (χ1) is 9.51. The van der Waals surface area contributed by atoms with E-state index in [2.05, 4.69) is 11.8 Å². The Balaban J connectivity index is 2.99. The van der Waals surface area contributed by atoms with E-state index < -0.39 is 5.82 Å². The lowest BCUT2D eigenvalue weighted by Crippen LogP contribution is -2.37. The van der Waals surface area contributed by atoms with Crippen molar-refractivity contribution in [2.75, 3.05) is 13.2 Å². The standard InChI is InChI=1S/C16H20FNO2/c1-4-18(12(2)3)16(20)14-9-8-13(11-15(14)17)7-5-6-10-19/h8-9,11-12,19H,4,6,10H2,1-3H3. The van der Waals surface area contributed by atoms with E-state index in [-0.39, 0.29) is 24.1 Å². The fourth-order valence-electron chi connectivity index (χ4n) is 1.88. The van der Waals surface area contributed by atoms with E-state index in [9.17, 15) is 9.18 Å². The Hall–Kier alpha value is -1.86. The van der Waals surface area contributed by atoms with Gasteiger partial charge < -0.3 is 10.0 Å². The predicted octanol–water partition coefficient (Wildman–Crippen LogP) is 2.43. The van der Waals surface area contributed by atoms with Crippen LogP contribution in [0.2, 0.25) is 0 Å². The molecule has 1 N–H and O–H groups in total. The Bertz CT molecular complexity index is 529. The summed E-state index contributed by atoms with van der Waals surface area (Å²) in [5.41, 5.74) is 0.563. The molecule has 0 fully saturated rings. The number of hydrogen-bond donors (Lipinski definition) is 1. The van der Waals surface area contributed by atoms with Crippen molar-refractivity contribution in [1.82, 2.24) is 4.90 Å². The molecule has 0 radical (unpaired) electrons. The highest BCUT2D eigenvalue weighted by Crippen LogP contribution is 2.14. The van der Waals surface area contributed by atoms with Crippen LogP contribution in [0.15, 0.2) is 18.2 Å². The maximum Gasteiger partial charge on any atom is 0.257 e. The molecule has 0 aromatic heterocycles. The zero-order chi connectivity index (χ0) is 15.1. The molecular formula is C16H20FNO2. The zero-order valence-electron chi connectivity index (χ0n) is 12.1. The van der Waals surface area contributed by atoms with Crippen LogP contribution in [-0.2, 0) is 0 Å². The first-order valence-electron chi connectivity index (χ1n) is 6.71. The average Bonchev–Trinajstić information content (AvgIpc) is 2.39. The number of carbonyl (C=O) groups excluding carboxylic acids is 1. The summed E-state index contributed by atoms with van der Waals surface area (Å²) < 4.78 is 14.0. The third-order valence-electron chi connectivity index (χ3n) is 2.89. The third-order valence-corrected chi connectivity index (χ3v) is 2.89. The molecule has 20 heavy (non-hydrogen) atoms.